The molecule has 4 atom stereocenters. The summed E-state index contributed by atoms with van der Waals surface area (Å²) in [6.07, 6.45) is 9.76. The molecule has 0 heteroatoms. The Morgan fingerprint density at radius 2 is 1.35 bits per heavy atom. The van der Waals surface area contributed by atoms with Crippen molar-refractivity contribution < 1.29 is 0 Å². The summed E-state index contributed by atoms with van der Waals surface area (Å²) >= 11 is 0. The molecule has 0 aliphatic rings. The molecule has 4 unspecified atom stereocenters. The number of unbranched alkanes of at least 4 members (excludes halogenated alkanes) is 1. The Labute approximate surface area is 111 Å². The largest absolute Gasteiger partial charge is 0.0654 e. The molecule has 17 heavy (non-hydrogen) atoms. The van der Waals surface area contributed by atoms with Crippen molar-refractivity contribution >= 4 is 0 Å². The van der Waals surface area contributed by atoms with E-state index in [1.54, 1.807) is 0 Å². The van der Waals surface area contributed by atoms with Gasteiger partial charge >= 0.3 is 0 Å². The lowest BCUT2D eigenvalue weighted by Crippen LogP contribution is -2.18. The van der Waals surface area contributed by atoms with Crippen molar-refractivity contribution in [3.8, 4) is 0 Å². The highest BCUT2D eigenvalue weighted by Gasteiger charge is 2.20. The Hall–Kier alpha value is 0. The van der Waals surface area contributed by atoms with Crippen molar-refractivity contribution in [1.82, 2.24) is 0 Å². The second-order valence-electron chi connectivity index (χ2n) is 6.27. The van der Waals surface area contributed by atoms with Gasteiger partial charge < -0.3 is 0 Å². The van der Waals surface area contributed by atoms with Gasteiger partial charge in [-0.25, -0.2) is 0 Å². The summed E-state index contributed by atoms with van der Waals surface area (Å²) in [5.41, 5.74) is 0. The first-order valence-corrected chi connectivity index (χ1v) is 8.06. The van der Waals surface area contributed by atoms with Gasteiger partial charge in [-0.05, 0) is 30.1 Å². The fourth-order valence-electron chi connectivity index (χ4n) is 3.01. The van der Waals surface area contributed by atoms with Gasteiger partial charge in [-0.1, -0.05) is 80.1 Å². The van der Waals surface area contributed by atoms with Crippen molar-refractivity contribution in [2.45, 2.75) is 86.5 Å². The van der Waals surface area contributed by atoms with E-state index in [1.807, 2.05) is 0 Å². The van der Waals surface area contributed by atoms with Gasteiger partial charge in [-0.15, -0.1) is 0 Å². The van der Waals surface area contributed by atoms with Crippen LogP contribution in [0.25, 0.3) is 0 Å². The maximum Gasteiger partial charge on any atom is -0.0388 e. The van der Waals surface area contributed by atoms with E-state index >= 15 is 0 Å². The molecule has 0 aromatic carbocycles. The molecule has 0 saturated carbocycles. The summed E-state index contributed by atoms with van der Waals surface area (Å²) in [5, 5.41) is 0. The van der Waals surface area contributed by atoms with Crippen molar-refractivity contribution in [3.63, 3.8) is 0 Å². The Morgan fingerprint density at radius 1 is 0.706 bits per heavy atom. The van der Waals surface area contributed by atoms with Crippen molar-refractivity contribution in [1.29, 1.82) is 0 Å². The Kier molecular flexibility index (Phi) is 9.97. The van der Waals surface area contributed by atoms with Crippen molar-refractivity contribution in [3.05, 3.63) is 0 Å². The highest BCUT2D eigenvalue weighted by molar-refractivity contribution is 4.71. The fourth-order valence-corrected chi connectivity index (χ4v) is 3.01. The van der Waals surface area contributed by atoms with E-state index in [1.165, 1.54) is 44.9 Å². The third-order valence-electron chi connectivity index (χ3n) is 4.73. The minimum atomic E-state index is 0.906. The summed E-state index contributed by atoms with van der Waals surface area (Å²) in [7, 11) is 0. The van der Waals surface area contributed by atoms with Gasteiger partial charge in [-0.3, -0.25) is 0 Å². The van der Waals surface area contributed by atoms with Gasteiger partial charge in [0.1, 0.15) is 0 Å². The molecule has 0 nitrogen and oxygen atoms in total. The van der Waals surface area contributed by atoms with E-state index < -0.39 is 0 Å². The molecule has 104 valence electrons. The van der Waals surface area contributed by atoms with Crippen LogP contribution in [0, 0.1) is 23.7 Å². The molecule has 0 aromatic heterocycles. The predicted molar refractivity (Wildman–Crippen MR) is 80.3 cm³/mol. The van der Waals surface area contributed by atoms with Gasteiger partial charge in [-0.2, -0.15) is 0 Å². The first kappa shape index (κ1) is 17.0. The van der Waals surface area contributed by atoms with Gasteiger partial charge in [0.15, 0.2) is 0 Å². The van der Waals surface area contributed by atoms with Crippen LogP contribution in [0.2, 0.25) is 0 Å². The van der Waals surface area contributed by atoms with Crippen LogP contribution in [-0.2, 0) is 0 Å². The van der Waals surface area contributed by atoms with Crippen LogP contribution in [0.3, 0.4) is 0 Å². The highest BCUT2D eigenvalue weighted by Crippen LogP contribution is 2.31. The zero-order valence-electron chi connectivity index (χ0n) is 13.3. The molecule has 0 rings (SSSR count). The Balaban J connectivity index is 4.09. The number of hydrogen-bond donors (Lipinski definition) is 0. The summed E-state index contributed by atoms with van der Waals surface area (Å²) in [6.45, 7) is 14.4. The fraction of sp³-hybridized carbons (Fsp3) is 1.00. The quantitative estimate of drug-likeness (QED) is 0.420. The van der Waals surface area contributed by atoms with Gasteiger partial charge in [0.05, 0.1) is 0 Å². The van der Waals surface area contributed by atoms with Crippen molar-refractivity contribution in [2.24, 2.45) is 23.7 Å². The average molecular weight is 240 g/mol. The van der Waals surface area contributed by atoms with Crippen LogP contribution in [0.4, 0.5) is 0 Å². The second-order valence-corrected chi connectivity index (χ2v) is 6.27. The maximum atomic E-state index is 2.47. The smallest absolute Gasteiger partial charge is 0.0388 e. The van der Waals surface area contributed by atoms with E-state index in [0.717, 1.165) is 23.7 Å². The molecular formula is C17H36. The summed E-state index contributed by atoms with van der Waals surface area (Å²) in [6, 6.07) is 0. The standard InChI is InChI=1S/C17H36/c1-7-10-12-15(5)17(9-3)13-16(6)14(4)11-8-2/h14-17H,7-13H2,1-6H3. The first-order chi connectivity index (χ1) is 8.06. The molecule has 0 aliphatic heterocycles. The molecule has 0 N–H and O–H groups in total. The Morgan fingerprint density at radius 3 is 1.82 bits per heavy atom. The van der Waals surface area contributed by atoms with E-state index in [-0.39, 0.29) is 0 Å². The van der Waals surface area contributed by atoms with Crippen LogP contribution >= 0.6 is 0 Å². The van der Waals surface area contributed by atoms with Crippen molar-refractivity contribution in [2.75, 3.05) is 0 Å². The first-order valence-electron chi connectivity index (χ1n) is 8.06. The van der Waals surface area contributed by atoms with Gasteiger partial charge in [0.2, 0.25) is 0 Å². The lowest BCUT2D eigenvalue weighted by Gasteiger charge is -2.28. The molecule has 0 spiro atoms. The third-order valence-corrected chi connectivity index (χ3v) is 4.73. The van der Waals surface area contributed by atoms with Crippen LogP contribution in [0.5, 0.6) is 0 Å². The molecule has 0 fully saturated rings. The van der Waals surface area contributed by atoms with E-state index in [4.69, 9.17) is 0 Å². The summed E-state index contributed by atoms with van der Waals surface area (Å²) in [5.74, 6) is 3.70. The summed E-state index contributed by atoms with van der Waals surface area (Å²) < 4.78 is 0. The Bertz CT molecular complexity index is 161. The normalized spacial score (nSPS) is 18.7. The zero-order valence-corrected chi connectivity index (χ0v) is 13.3. The minimum Gasteiger partial charge on any atom is -0.0654 e. The number of hydrogen-bond acceptors (Lipinski definition) is 0. The van der Waals surface area contributed by atoms with Crippen LogP contribution in [0.1, 0.15) is 86.5 Å². The topological polar surface area (TPSA) is 0 Å². The average Bonchev–Trinajstić information content (AvgIpc) is 2.32. The van der Waals surface area contributed by atoms with E-state index in [2.05, 4.69) is 41.5 Å². The molecule has 0 heterocycles. The van der Waals surface area contributed by atoms with Crippen LogP contribution < -0.4 is 0 Å². The monoisotopic (exact) mass is 240 g/mol. The maximum absolute atomic E-state index is 2.47. The lowest BCUT2D eigenvalue weighted by molar-refractivity contribution is 0.224. The molecular weight excluding hydrogens is 204 g/mol. The SMILES string of the molecule is CCCCC(C)C(CC)CC(C)C(C)CCC. The predicted octanol–water partition coefficient (Wildman–Crippen LogP) is 6.30. The lowest BCUT2D eigenvalue weighted by atomic mass is 9.77. The molecule has 0 aliphatic carbocycles. The highest BCUT2D eigenvalue weighted by atomic mass is 14.3. The molecule has 0 saturated heterocycles. The van der Waals surface area contributed by atoms with E-state index in [0.29, 0.717) is 0 Å². The third kappa shape index (κ3) is 7.11. The molecule has 0 aromatic rings. The van der Waals surface area contributed by atoms with Crippen LogP contribution in [-0.4, -0.2) is 0 Å². The minimum absolute atomic E-state index is 0.906. The molecule has 0 radical (unpaired) electrons. The number of rotatable bonds is 10. The summed E-state index contributed by atoms with van der Waals surface area (Å²) in [4.78, 5) is 0. The zero-order chi connectivity index (χ0) is 13.3. The van der Waals surface area contributed by atoms with Crippen LogP contribution in [0.15, 0.2) is 0 Å². The van der Waals surface area contributed by atoms with Gasteiger partial charge in [0.25, 0.3) is 0 Å². The second kappa shape index (κ2) is 9.97. The van der Waals surface area contributed by atoms with Gasteiger partial charge in [0, 0.05) is 0 Å². The van der Waals surface area contributed by atoms with E-state index in [9.17, 15) is 0 Å². The molecule has 0 amide bonds. The molecule has 0 bridgehead atoms.